The Kier molecular flexibility index (Phi) is 9.37. The first-order valence-corrected chi connectivity index (χ1v) is 16.1. The summed E-state index contributed by atoms with van der Waals surface area (Å²) in [4.78, 5) is 33.2. The summed E-state index contributed by atoms with van der Waals surface area (Å²) in [5, 5.41) is 2.96. The molecular formula is C36H29BrFN3O5S. The molecule has 0 bridgehead atoms. The summed E-state index contributed by atoms with van der Waals surface area (Å²) in [7, 11) is 3.10. The average Bonchev–Trinajstić information content (AvgIpc) is 3.37. The van der Waals surface area contributed by atoms with Crippen LogP contribution in [0, 0.1) is 5.82 Å². The van der Waals surface area contributed by atoms with Crippen LogP contribution in [0.25, 0.3) is 6.08 Å². The molecular weight excluding hydrogens is 685 g/mol. The van der Waals surface area contributed by atoms with Crippen molar-refractivity contribution in [3.63, 3.8) is 0 Å². The first kappa shape index (κ1) is 32.0. The van der Waals surface area contributed by atoms with Gasteiger partial charge in [-0.05, 0) is 94.2 Å². The largest absolute Gasteiger partial charge is 0.497 e. The van der Waals surface area contributed by atoms with Crippen LogP contribution in [-0.2, 0) is 11.4 Å². The topological polar surface area (TPSA) is 91.2 Å². The van der Waals surface area contributed by atoms with E-state index < -0.39 is 6.04 Å². The number of methoxy groups -OCH3 is 2. The van der Waals surface area contributed by atoms with Crippen molar-refractivity contribution in [2.24, 2.45) is 4.99 Å². The Morgan fingerprint density at radius 1 is 1.02 bits per heavy atom. The number of benzene rings is 4. The molecule has 0 spiro atoms. The predicted molar refractivity (Wildman–Crippen MR) is 183 cm³/mol. The van der Waals surface area contributed by atoms with Gasteiger partial charge in [0.15, 0.2) is 16.3 Å². The molecule has 238 valence electrons. The van der Waals surface area contributed by atoms with E-state index >= 15 is 0 Å². The van der Waals surface area contributed by atoms with Gasteiger partial charge in [0.1, 0.15) is 18.2 Å². The van der Waals surface area contributed by atoms with Crippen LogP contribution in [0.5, 0.6) is 17.2 Å². The highest BCUT2D eigenvalue weighted by molar-refractivity contribution is 9.10. The Labute approximate surface area is 282 Å². The number of anilines is 1. The Balaban J connectivity index is 1.41. The lowest BCUT2D eigenvalue weighted by molar-refractivity contribution is -0.113. The summed E-state index contributed by atoms with van der Waals surface area (Å²) >= 11 is 4.81. The number of ether oxygens (including phenoxy) is 3. The van der Waals surface area contributed by atoms with Crippen molar-refractivity contribution < 1.29 is 23.4 Å². The number of para-hydroxylation sites is 1. The molecule has 2 heterocycles. The molecule has 6 rings (SSSR count). The number of carbonyl (C=O) groups excluding carboxylic acids is 1. The van der Waals surface area contributed by atoms with Crippen molar-refractivity contribution in [1.82, 2.24) is 4.57 Å². The van der Waals surface area contributed by atoms with Crippen LogP contribution >= 0.6 is 27.3 Å². The molecule has 4 aromatic carbocycles. The minimum absolute atomic E-state index is 0.205. The highest BCUT2D eigenvalue weighted by Gasteiger charge is 2.33. The summed E-state index contributed by atoms with van der Waals surface area (Å²) in [6, 6.07) is 25.4. The van der Waals surface area contributed by atoms with Crippen LogP contribution in [0.3, 0.4) is 0 Å². The number of aromatic nitrogens is 1. The van der Waals surface area contributed by atoms with Gasteiger partial charge in [-0.1, -0.05) is 53.8 Å². The standard InChI is InChI=1S/C36H29BrFN3O5S/c1-21-31(34(42)40-26-9-5-4-6-10-26)32(24-8-7-11-27(19-24)44-2)41-35(43)30(47-36(41)39-21)18-23-16-28(37)33(29(17-23)45-3)46-20-22-12-14-25(38)15-13-22/h4-19,32H,20H2,1-3H3,(H,40,42)/b30-18-/t32-/m1/s1. The van der Waals surface area contributed by atoms with Gasteiger partial charge < -0.3 is 19.5 Å². The zero-order chi connectivity index (χ0) is 33.1. The SMILES string of the molecule is COc1cccc([C@@H]2C(C(=O)Nc3ccccc3)=C(C)N=c3s/c(=C\c4cc(Br)c(OCc5ccc(F)cc5)c(OC)c4)c(=O)n32)c1. The number of halogens is 2. The highest BCUT2D eigenvalue weighted by Crippen LogP contribution is 2.38. The molecule has 0 fully saturated rings. The van der Waals surface area contributed by atoms with Gasteiger partial charge in [0.05, 0.1) is 40.5 Å². The van der Waals surface area contributed by atoms with Crippen LogP contribution < -0.4 is 34.4 Å². The molecule has 0 saturated carbocycles. The fourth-order valence-electron chi connectivity index (χ4n) is 5.31. The third-order valence-corrected chi connectivity index (χ3v) is 9.13. The average molecular weight is 715 g/mol. The van der Waals surface area contributed by atoms with Crippen LogP contribution in [0.15, 0.2) is 117 Å². The minimum Gasteiger partial charge on any atom is -0.497 e. The molecule has 1 N–H and O–H groups in total. The van der Waals surface area contributed by atoms with Crippen molar-refractivity contribution in [3.8, 4) is 17.2 Å². The van der Waals surface area contributed by atoms with Gasteiger partial charge in [-0.2, -0.15) is 0 Å². The van der Waals surface area contributed by atoms with Crippen LogP contribution in [0.4, 0.5) is 10.1 Å². The molecule has 1 aliphatic heterocycles. The van der Waals surface area contributed by atoms with Gasteiger partial charge in [0.2, 0.25) is 0 Å². The second-order valence-corrected chi connectivity index (χ2v) is 12.5. The molecule has 1 aliphatic rings. The number of hydrogen-bond acceptors (Lipinski definition) is 7. The third kappa shape index (κ3) is 6.77. The quantitative estimate of drug-likeness (QED) is 0.192. The van der Waals surface area contributed by atoms with Gasteiger partial charge in [-0.15, -0.1) is 0 Å². The van der Waals surface area contributed by atoms with Crippen molar-refractivity contribution in [1.29, 1.82) is 0 Å². The van der Waals surface area contributed by atoms with Crippen molar-refractivity contribution in [3.05, 3.63) is 149 Å². The van der Waals surface area contributed by atoms with Gasteiger partial charge in [0.25, 0.3) is 11.5 Å². The lowest BCUT2D eigenvalue weighted by atomic mass is 9.95. The first-order valence-electron chi connectivity index (χ1n) is 14.5. The summed E-state index contributed by atoms with van der Waals surface area (Å²) in [6.45, 7) is 1.98. The Morgan fingerprint density at radius 3 is 2.51 bits per heavy atom. The van der Waals surface area contributed by atoms with E-state index in [1.54, 1.807) is 55.0 Å². The summed E-state index contributed by atoms with van der Waals surface area (Å²) in [5.41, 5.74) is 3.37. The summed E-state index contributed by atoms with van der Waals surface area (Å²) < 4.78 is 33.0. The van der Waals surface area contributed by atoms with Gasteiger partial charge in [-0.3, -0.25) is 14.2 Å². The Hall–Kier alpha value is -5.00. The van der Waals surface area contributed by atoms with Crippen LogP contribution in [0.1, 0.15) is 29.7 Å². The van der Waals surface area contributed by atoms with Crippen molar-refractivity contribution in [2.45, 2.75) is 19.6 Å². The van der Waals surface area contributed by atoms with E-state index in [4.69, 9.17) is 19.2 Å². The maximum atomic E-state index is 14.2. The van der Waals surface area contributed by atoms with E-state index in [-0.39, 0.29) is 23.9 Å². The second kappa shape index (κ2) is 13.8. The number of carbonyl (C=O) groups is 1. The molecule has 11 heteroatoms. The molecule has 47 heavy (non-hydrogen) atoms. The molecule has 5 aromatic rings. The fourth-order valence-corrected chi connectivity index (χ4v) is 6.93. The first-order chi connectivity index (χ1) is 22.7. The van der Waals surface area contributed by atoms with E-state index in [1.165, 1.54) is 30.6 Å². The van der Waals surface area contributed by atoms with E-state index in [0.29, 0.717) is 59.1 Å². The fraction of sp³-hybridized carbons (Fsp3) is 0.139. The molecule has 1 amide bonds. The molecule has 0 unspecified atom stereocenters. The summed E-state index contributed by atoms with van der Waals surface area (Å²) in [6.07, 6.45) is 1.76. The van der Waals surface area contributed by atoms with Crippen LogP contribution in [-0.4, -0.2) is 24.7 Å². The number of thiazole rings is 1. The maximum Gasteiger partial charge on any atom is 0.271 e. The maximum absolute atomic E-state index is 14.2. The Morgan fingerprint density at radius 2 is 1.79 bits per heavy atom. The van der Waals surface area contributed by atoms with Gasteiger partial charge in [-0.25, -0.2) is 9.38 Å². The Bertz CT molecular complexity index is 2180. The van der Waals surface area contributed by atoms with E-state index in [9.17, 15) is 14.0 Å². The third-order valence-electron chi connectivity index (χ3n) is 7.55. The smallest absolute Gasteiger partial charge is 0.271 e. The lowest BCUT2D eigenvalue weighted by Crippen LogP contribution is -2.40. The predicted octanol–water partition coefficient (Wildman–Crippen LogP) is 6.37. The molecule has 0 saturated heterocycles. The highest BCUT2D eigenvalue weighted by atomic mass is 79.9. The number of amides is 1. The zero-order valence-electron chi connectivity index (χ0n) is 25.6. The van der Waals surface area contributed by atoms with Crippen molar-refractivity contribution in [2.75, 3.05) is 19.5 Å². The molecule has 1 aromatic heterocycles. The normalized spacial score (nSPS) is 14.3. The second-order valence-electron chi connectivity index (χ2n) is 10.6. The number of rotatable bonds is 9. The van der Waals surface area contributed by atoms with Gasteiger partial charge >= 0.3 is 0 Å². The number of hydrogen-bond donors (Lipinski definition) is 1. The zero-order valence-corrected chi connectivity index (χ0v) is 28.0. The molecule has 0 aliphatic carbocycles. The van der Waals surface area contributed by atoms with E-state index in [2.05, 4.69) is 21.2 Å². The number of nitrogens with one attached hydrogen (secondary N) is 1. The van der Waals surface area contributed by atoms with Gasteiger partial charge in [0, 0.05) is 5.69 Å². The monoisotopic (exact) mass is 713 g/mol. The number of fused-ring (bicyclic) bond motifs is 1. The molecule has 8 nitrogen and oxygen atoms in total. The number of allylic oxidation sites excluding steroid dienone is 1. The van der Waals surface area contributed by atoms with E-state index in [1.807, 2.05) is 48.5 Å². The van der Waals surface area contributed by atoms with Crippen LogP contribution in [0.2, 0.25) is 0 Å². The summed E-state index contributed by atoms with van der Waals surface area (Å²) in [5.74, 6) is 0.840. The lowest BCUT2D eigenvalue weighted by Gasteiger charge is -2.25. The minimum atomic E-state index is -0.754. The molecule has 1 atom stereocenters. The molecule has 0 radical (unpaired) electrons. The number of nitrogens with zero attached hydrogens (tertiary/aromatic N) is 2. The van der Waals surface area contributed by atoms with E-state index in [0.717, 1.165) is 5.56 Å². The van der Waals surface area contributed by atoms with Crippen molar-refractivity contribution >= 4 is 44.9 Å².